The molecule has 0 spiro atoms. The maximum Gasteiger partial charge on any atom is 0.243 e. The van der Waals surface area contributed by atoms with Gasteiger partial charge in [0.2, 0.25) is 5.95 Å². The molecule has 1 atom stereocenters. The molecule has 0 saturated carbocycles. The third-order valence-electron chi connectivity index (χ3n) is 2.43. The fraction of sp³-hybridized carbons (Fsp3) is 0.455. The van der Waals surface area contributed by atoms with Crippen molar-refractivity contribution in [1.29, 1.82) is 0 Å². The minimum absolute atomic E-state index is 0.371. The molecule has 2 rings (SSSR count). The number of nitrogens with one attached hydrogen (secondary N) is 1. The molecule has 4 nitrogen and oxygen atoms in total. The van der Waals surface area contributed by atoms with Gasteiger partial charge in [-0.1, -0.05) is 11.6 Å². The van der Waals surface area contributed by atoms with Crippen molar-refractivity contribution in [2.24, 2.45) is 0 Å². The summed E-state index contributed by atoms with van der Waals surface area (Å²) in [5, 5.41) is 8.27. The molecule has 17 heavy (non-hydrogen) atoms. The van der Waals surface area contributed by atoms with Gasteiger partial charge in [-0.3, -0.25) is 0 Å². The molecule has 2 aromatic heterocycles. The van der Waals surface area contributed by atoms with Gasteiger partial charge in [-0.15, -0.1) is 5.10 Å². The van der Waals surface area contributed by atoms with Crippen LogP contribution >= 0.6 is 23.4 Å². The number of nitrogens with zero attached hydrogens (tertiary/aromatic N) is 3. The highest BCUT2D eigenvalue weighted by Gasteiger charge is 2.07. The second-order valence-corrected chi connectivity index (χ2v) is 5.33. The Labute approximate surface area is 110 Å². The van der Waals surface area contributed by atoms with E-state index in [2.05, 4.69) is 28.6 Å². The minimum atomic E-state index is 0.371. The first-order chi connectivity index (χ1) is 8.19. The summed E-state index contributed by atoms with van der Waals surface area (Å²) in [5.41, 5.74) is 0.800. The van der Waals surface area contributed by atoms with E-state index in [0.717, 1.165) is 17.8 Å². The lowest BCUT2D eigenvalue weighted by Crippen LogP contribution is -2.16. The predicted molar refractivity (Wildman–Crippen MR) is 74.1 cm³/mol. The van der Waals surface area contributed by atoms with Gasteiger partial charge in [-0.2, -0.15) is 16.7 Å². The van der Waals surface area contributed by atoms with Gasteiger partial charge in [0.05, 0.1) is 5.02 Å². The zero-order valence-corrected chi connectivity index (χ0v) is 11.4. The molecule has 2 heterocycles. The van der Waals surface area contributed by atoms with Gasteiger partial charge < -0.3 is 5.32 Å². The molecule has 0 amide bonds. The Hall–Kier alpha value is -0.940. The summed E-state index contributed by atoms with van der Waals surface area (Å²) in [6, 6.07) is 4.04. The molecule has 0 radical (unpaired) electrons. The van der Waals surface area contributed by atoms with E-state index in [1.54, 1.807) is 10.7 Å². The highest BCUT2D eigenvalue weighted by molar-refractivity contribution is 7.98. The lowest BCUT2D eigenvalue weighted by molar-refractivity contribution is 0.759. The van der Waals surface area contributed by atoms with Crippen molar-refractivity contribution >= 4 is 35.0 Å². The van der Waals surface area contributed by atoms with E-state index in [-0.39, 0.29) is 0 Å². The number of aromatic nitrogens is 3. The molecule has 1 unspecified atom stereocenters. The summed E-state index contributed by atoms with van der Waals surface area (Å²) < 4.78 is 1.69. The van der Waals surface area contributed by atoms with Crippen LogP contribution in [0.4, 0.5) is 5.95 Å². The van der Waals surface area contributed by atoms with Crippen LogP contribution in [0.2, 0.25) is 5.02 Å². The van der Waals surface area contributed by atoms with Crippen molar-refractivity contribution in [3.05, 3.63) is 23.4 Å². The van der Waals surface area contributed by atoms with Crippen molar-refractivity contribution in [3.63, 3.8) is 0 Å². The molecule has 2 aromatic rings. The van der Waals surface area contributed by atoms with Crippen LogP contribution in [0.1, 0.15) is 13.3 Å². The maximum atomic E-state index is 5.89. The third kappa shape index (κ3) is 3.26. The Balaban J connectivity index is 2.08. The summed E-state index contributed by atoms with van der Waals surface area (Å²) >= 11 is 7.73. The van der Waals surface area contributed by atoms with E-state index < -0.39 is 0 Å². The molecule has 0 aliphatic rings. The van der Waals surface area contributed by atoms with Crippen LogP contribution < -0.4 is 5.32 Å². The van der Waals surface area contributed by atoms with Crippen molar-refractivity contribution in [2.45, 2.75) is 19.4 Å². The van der Waals surface area contributed by atoms with Gasteiger partial charge in [0.1, 0.15) is 0 Å². The van der Waals surface area contributed by atoms with E-state index >= 15 is 0 Å². The Bertz CT molecular complexity index is 499. The molecule has 0 aliphatic heterocycles. The smallest absolute Gasteiger partial charge is 0.243 e. The summed E-state index contributed by atoms with van der Waals surface area (Å²) in [5.74, 6) is 1.79. The van der Waals surface area contributed by atoms with Gasteiger partial charge in [-0.05, 0) is 37.5 Å². The number of fused-ring (bicyclic) bond motifs is 1. The number of rotatable bonds is 5. The highest BCUT2D eigenvalue weighted by Crippen LogP contribution is 2.12. The second kappa shape index (κ2) is 5.60. The minimum Gasteiger partial charge on any atom is -0.350 e. The quantitative estimate of drug-likeness (QED) is 0.907. The number of hydrogen-bond acceptors (Lipinski definition) is 4. The number of thioether (sulfide) groups is 1. The Morgan fingerprint density at radius 1 is 1.53 bits per heavy atom. The number of halogens is 1. The van der Waals surface area contributed by atoms with Crippen LogP contribution in [-0.4, -0.2) is 32.6 Å². The van der Waals surface area contributed by atoms with E-state index in [4.69, 9.17) is 11.6 Å². The highest BCUT2D eigenvalue weighted by atomic mass is 35.5. The molecule has 0 saturated heterocycles. The maximum absolute atomic E-state index is 5.89. The van der Waals surface area contributed by atoms with Crippen LogP contribution in [0.3, 0.4) is 0 Å². The molecule has 0 aromatic carbocycles. The first-order valence-electron chi connectivity index (χ1n) is 5.46. The van der Waals surface area contributed by atoms with E-state index in [0.29, 0.717) is 17.0 Å². The lowest BCUT2D eigenvalue weighted by atomic mass is 10.3. The van der Waals surface area contributed by atoms with Gasteiger partial charge >= 0.3 is 0 Å². The van der Waals surface area contributed by atoms with Gasteiger partial charge in [0.25, 0.3) is 0 Å². The molecule has 0 aliphatic carbocycles. The lowest BCUT2D eigenvalue weighted by Gasteiger charge is -2.10. The average Bonchev–Trinajstić information content (AvgIpc) is 2.67. The van der Waals surface area contributed by atoms with Crippen molar-refractivity contribution in [3.8, 4) is 0 Å². The summed E-state index contributed by atoms with van der Waals surface area (Å²) in [6.07, 6.45) is 4.96. The number of anilines is 1. The predicted octanol–water partition coefficient (Wildman–Crippen LogP) is 2.94. The molecule has 1 N–H and O–H groups in total. The number of pyridine rings is 1. The molecule has 92 valence electrons. The second-order valence-electron chi connectivity index (χ2n) is 3.91. The summed E-state index contributed by atoms with van der Waals surface area (Å²) in [6.45, 7) is 2.13. The van der Waals surface area contributed by atoms with Crippen LogP contribution in [0, 0.1) is 0 Å². The normalized spacial score (nSPS) is 12.9. The summed E-state index contributed by atoms with van der Waals surface area (Å²) in [7, 11) is 0. The standard InChI is InChI=1S/C11H15ClN4S/c1-8(5-6-17-2)13-11-14-10-4-3-9(12)7-16(10)15-11/h3-4,7-8H,5-6H2,1-2H3,(H,13,15). The largest absolute Gasteiger partial charge is 0.350 e. The van der Waals surface area contributed by atoms with Crippen LogP contribution in [-0.2, 0) is 0 Å². The van der Waals surface area contributed by atoms with Gasteiger partial charge in [-0.25, -0.2) is 4.52 Å². The van der Waals surface area contributed by atoms with Gasteiger partial charge in [0, 0.05) is 12.2 Å². The zero-order chi connectivity index (χ0) is 12.3. The Morgan fingerprint density at radius 2 is 2.35 bits per heavy atom. The first-order valence-corrected chi connectivity index (χ1v) is 7.23. The first kappa shape index (κ1) is 12.5. The third-order valence-corrected chi connectivity index (χ3v) is 3.29. The van der Waals surface area contributed by atoms with Crippen LogP contribution in [0.25, 0.3) is 5.65 Å². The number of hydrogen-bond donors (Lipinski definition) is 1. The van der Waals surface area contributed by atoms with E-state index in [1.165, 1.54) is 0 Å². The summed E-state index contributed by atoms with van der Waals surface area (Å²) in [4.78, 5) is 4.38. The Morgan fingerprint density at radius 3 is 3.12 bits per heavy atom. The molecule has 0 bridgehead atoms. The fourth-order valence-electron chi connectivity index (χ4n) is 1.51. The van der Waals surface area contributed by atoms with Gasteiger partial charge in [0.15, 0.2) is 5.65 Å². The van der Waals surface area contributed by atoms with Crippen molar-refractivity contribution < 1.29 is 0 Å². The molecular weight excluding hydrogens is 256 g/mol. The Kier molecular flexibility index (Phi) is 4.12. The monoisotopic (exact) mass is 270 g/mol. The molecule has 0 fully saturated rings. The van der Waals surface area contributed by atoms with E-state index in [1.807, 2.05) is 23.9 Å². The SMILES string of the molecule is CSCCC(C)Nc1nc2ccc(Cl)cn2n1. The molecule has 6 heteroatoms. The van der Waals surface area contributed by atoms with Crippen LogP contribution in [0.15, 0.2) is 18.3 Å². The van der Waals surface area contributed by atoms with Crippen LogP contribution in [0.5, 0.6) is 0 Å². The zero-order valence-electron chi connectivity index (χ0n) is 9.85. The fourth-order valence-corrected chi connectivity index (χ4v) is 2.25. The van der Waals surface area contributed by atoms with Crippen molar-refractivity contribution in [1.82, 2.24) is 14.6 Å². The average molecular weight is 271 g/mol. The van der Waals surface area contributed by atoms with E-state index in [9.17, 15) is 0 Å². The topological polar surface area (TPSA) is 42.2 Å². The van der Waals surface area contributed by atoms with Crippen molar-refractivity contribution in [2.75, 3.05) is 17.3 Å². The molecular formula is C11H15ClN4S.